The highest BCUT2D eigenvalue weighted by molar-refractivity contribution is 5.94. The van der Waals surface area contributed by atoms with E-state index >= 15 is 0 Å². The van der Waals surface area contributed by atoms with Gasteiger partial charge >= 0.3 is 0 Å². The average molecular weight is 451 g/mol. The molecule has 2 amide bonds. The van der Waals surface area contributed by atoms with Crippen molar-refractivity contribution >= 4 is 22.8 Å². The van der Waals surface area contributed by atoms with Crippen molar-refractivity contribution in [3.05, 3.63) is 59.9 Å². The summed E-state index contributed by atoms with van der Waals surface area (Å²) < 4.78 is 7.07. The van der Waals surface area contributed by atoms with Gasteiger partial charge in [0.1, 0.15) is 18.1 Å². The van der Waals surface area contributed by atoms with Gasteiger partial charge in [0, 0.05) is 18.7 Å². The maximum atomic E-state index is 13.3. The van der Waals surface area contributed by atoms with E-state index in [9.17, 15) is 9.59 Å². The molecule has 3 aromatic rings. The summed E-state index contributed by atoms with van der Waals surface area (Å²) in [5.41, 5.74) is 2.22. The van der Waals surface area contributed by atoms with Crippen LogP contribution in [0.4, 0.5) is 0 Å². The third-order valence-corrected chi connectivity index (χ3v) is 5.31. The zero-order chi connectivity index (χ0) is 24.0. The third-order valence-electron chi connectivity index (χ3n) is 5.31. The maximum absolute atomic E-state index is 13.3. The second-order valence-electron chi connectivity index (χ2n) is 9.10. The smallest absolute Gasteiger partial charge is 0.251 e. The average Bonchev–Trinajstić information content (AvgIpc) is 3.13. The number of hydrogen-bond donors (Lipinski definition) is 1. The minimum atomic E-state index is -0.205. The van der Waals surface area contributed by atoms with Crippen molar-refractivity contribution in [1.29, 1.82) is 0 Å². The highest BCUT2D eigenvalue weighted by Crippen LogP contribution is 2.18. The normalized spacial score (nSPS) is 11.2. The lowest BCUT2D eigenvalue weighted by atomic mass is 10.1. The van der Waals surface area contributed by atoms with Crippen LogP contribution in [0.15, 0.2) is 48.5 Å². The van der Waals surface area contributed by atoms with Gasteiger partial charge in [-0.05, 0) is 48.2 Å². The van der Waals surface area contributed by atoms with Crippen LogP contribution in [0, 0.1) is 11.8 Å². The minimum Gasteiger partial charge on any atom is -0.497 e. The van der Waals surface area contributed by atoms with Crippen molar-refractivity contribution in [2.24, 2.45) is 11.8 Å². The predicted octanol–water partition coefficient (Wildman–Crippen LogP) is 4.12. The van der Waals surface area contributed by atoms with Crippen LogP contribution in [-0.4, -0.2) is 46.5 Å². The fourth-order valence-corrected chi connectivity index (χ4v) is 3.84. The number of fused-ring (bicyclic) bond motifs is 1. The standard InChI is InChI=1S/C26H34N4O3/c1-18(2)15-29(16-19(3)4)25(31)17-30-23-9-7-6-8-22(23)28-24(30)14-27-26(32)20-10-12-21(33-5)13-11-20/h6-13,18-19H,14-17H2,1-5H3,(H,27,32). The molecule has 0 unspecified atom stereocenters. The molecule has 1 heterocycles. The summed E-state index contributed by atoms with van der Waals surface area (Å²) >= 11 is 0. The van der Waals surface area contributed by atoms with Gasteiger partial charge in [0.15, 0.2) is 0 Å². The topological polar surface area (TPSA) is 76.5 Å². The van der Waals surface area contributed by atoms with E-state index < -0.39 is 0 Å². The SMILES string of the molecule is COc1ccc(C(=O)NCc2nc3ccccc3n2CC(=O)N(CC(C)C)CC(C)C)cc1. The fraction of sp³-hybridized carbons (Fsp3) is 0.423. The summed E-state index contributed by atoms with van der Waals surface area (Å²) in [7, 11) is 1.59. The van der Waals surface area contributed by atoms with Gasteiger partial charge in [-0.3, -0.25) is 9.59 Å². The molecule has 2 aromatic carbocycles. The highest BCUT2D eigenvalue weighted by atomic mass is 16.5. The number of methoxy groups -OCH3 is 1. The Labute approximate surface area is 195 Å². The second kappa shape index (κ2) is 11.0. The molecular formula is C26H34N4O3. The van der Waals surface area contributed by atoms with Crippen LogP contribution >= 0.6 is 0 Å². The molecule has 0 aliphatic carbocycles. The van der Waals surface area contributed by atoms with Gasteiger partial charge in [0.05, 0.1) is 24.7 Å². The van der Waals surface area contributed by atoms with Crippen molar-refractivity contribution in [3.8, 4) is 5.75 Å². The molecule has 33 heavy (non-hydrogen) atoms. The number of carbonyl (C=O) groups excluding carboxylic acids is 2. The summed E-state index contributed by atoms with van der Waals surface area (Å²) in [5, 5.41) is 2.93. The first-order valence-electron chi connectivity index (χ1n) is 11.4. The minimum absolute atomic E-state index is 0.0586. The lowest BCUT2D eigenvalue weighted by molar-refractivity contribution is -0.132. The van der Waals surface area contributed by atoms with Crippen molar-refractivity contribution in [3.63, 3.8) is 0 Å². The van der Waals surface area contributed by atoms with E-state index in [1.54, 1.807) is 31.4 Å². The number of imidazole rings is 1. The van der Waals surface area contributed by atoms with Crippen molar-refractivity contribution in [2.45, 2.75) is 40.8 Å². The Morgan fingerprint density at radius 1 is 1.00 bits per heavy atom. The molecule has 1 aromatic heterocycles. The number of aromatic nitrogens is 2. The molecule has 7 nitrogen and oxygen atoms in total. The first-order valence-corrected chi connectivity index (χ1v) is 11.4. The van der Waals surface area contributed by atoms with Crippen LogP contribution in [-0.2, 0) is 17.9 Å². The predicted molar refractivity (Wildman–Crippen MR) is 130 cm³/mol. The van der Waals surface area contributed by atoms with Crippen LogP contribution in [0.25, 0.3) is 11.0 Å². The molecule has 0 saturated carbocycles. The summed E-state index contributed by atoms with van der Waals surface area (Å²) in [6.45, 7) is 10.3. The van der Waals surface area contributed by atoms with Crippen LogP contribution in [0.2, 0.25) is 0 Å². The molecule has 0 aliphatic heterocycles. The summed E-state index contributed by atoms with van der Waals surface area (Å²) in [4.78, 5) is 32.6. The fourth-order valence-electron chi connectivity index (χ4n) is 3.84. The molecule has 176 valence electrons. The van der Waals surface area contributed by atoms with Gasteiger partial charge in [0.2, 0.25) is 5.91 Å². The van der Waals surface area contributed by atoms with Crippen LogP contribution in [0.3, 0.4) is 0 Å². The molecular weight excluding hydrogens is 416 g/mol. The zero-order valence-corrected chi connectivity index (χ0v) is 20.2. The Bertz CT molecular complexity index is 1080. The Hall–Kier alpha value is -3.35. The van der Waals surface area contributed by atoms with E-state index in [1.165, 1.54) is 0 Å². The van der Waals surface area contributed by atoms with Crippen molar-refractivity contribution < 1.29 is 14.3 Å². The van der Waals surface area contributed by atoms with Crippen molar-refractivity contribution in [2.75, 3.05) is 20.2 Å². The van der Waals surface area contributed by atoms with Gasteiger partial charge in [0.25, 0.3) is 5.91 Å². The van der Waals surface area contributed by atoms with E-state index in [4.69, 9.17) is 9.72 Å². The number of nitrogens with zero attached hydrogens (tertiary/aromatic N) is 3. The molecule has 0 aliphatic rings. The lowest BCUT2D eigenvalue weighted by Crippen LogP contribution is -2.39. The van der Waals surface area contributed by atoms with E-state index in [1.807, 2.05) is 33.7 Å². The number of amides is 2. The summed E-state index contributed by atoms with van der Waals surface area (Å²) in [5.74, 6) is 1.97. The van der Waals surface area contributed by atoms with E-state index in [0.717, 1.165) is 11.0 Å². The molecule has 3 rings (SSSR count). The van der Waals surface area contributed by atoms with Gasteiger partial charge in [-0.2, -0.15) is 0 Å². The summed E-state index contributed by atoms with van der Waals surface area (Å²) in [6.07, 6.45) is 0. The summed E-state index contributed by atoms with van der Waals surface area (Å²) in [6, 6.07) is 14.7. The van der Waals surface area contributed by atoms with Crippen molar-refractivity contribution in [1.82, 2.24) is 19.8 Å². The van der Waals surface area contributed by atoms with Gasteiger partial charge in [-0.1, -0.05) is 39.8 Å². The second-order valence-corrected chi connectivity index (χ2v) is 9.10. The van der Waals surface area contributed by atoms with Crippen LogP contribution in [0.5, 0.6) is 5.75 Å². The Balaban J connectivity index is 1.81. The Morgan fingerprint density at radius 2 is 1.64 bits per heavy atom. The molecule has 0 spiro atoms. The molecule has 0 saturated heterocycles. The number of carbonyl (C=O) groups is 2. The number of hydrogen-bond acceptors (Lipinski definition) is 4. The van der Waals surface area contributed by atoms with E-state index in [0.29, 0.717) is 42.1 Å². The van der Waals surface area contributed by atoms with Crippen LogP contribution < -0.4 is 10.1 Å². The van der Waals surface area contributed by atoms with E-state index in [-0.39, 0.29) is 24.9 Å². The molecule has 0 fully saturated rings. The lowest BCUT2D eigenvalue weighted by Gasteiger charge is -2.27. The Morgan fingerprint density at radius 3 is 2.24 bits per heavy atom. The molecule has 0 radical (unpaired) electrons. The number of ether oxygens (including phenoxy) is 1. The van der Waals surface area contributed by atoms with Gasteiger partial charge in [-0.15, -0.1) is 0 Å². The highest BCUT2D eigenvalue weighted by Gasteiger charge is 2.20. The number of benzene rings is 2. The molecule has 1 N–H and O–H groups in total. The van der Waals surface area contributed by atoms with E-state index in [2.05, 4.69) is 33.0 Å². The largest absolute Gasteiger partial charge is 0.497 e. The number of para-hydroxylation sites is 2. The quantitative estimate of drug-likeness (QED) is 0.504. The first-order chi connectivity index (χ1) is 15.8. The third kappa shape index (κ3) is 6.34. The van der Waals surface area contributed by atoms with Gasteiger partial charge < -0.3 is 19.5 Å². The monoisotopic (exact) mass is 450 g/mol. The molecule has 0 bridgehead atoms. The Kier molecular flexibility index (Phi) is 8.09. The van der Waals surface area contributed by atoms with Crippen LogP contribution in [0.1, 0.15) is 43.9 Å². The van der Waals surface area contributed by atoms with Gasteiger partial charge in [-0.25, -0.2) is 4.98 Å². The zero-order valence-electron chi connectivity index (χ0n) is 20.2. The maximum Gasteiger partial charge on any atom is 0.251 e. The number of rotatable bonds is 10. The molecule has 0 atom stereocenters. The molecule has 7 heteroatoms. The number of nitrogens with one attached hydrogen (secondary N) is 1. The first kappa shape index (κ1) is 24.3.